The molecule has 3 N–H and O–H groups in total. The molecule has 0 bridgehead atoms. The Morgan fingerprint density at radius 2 is 2.22 bits per heavy atom. The van der Waals surface area contributed by atoms with Crippen molar-refractivity contribution in [1.82, 2.24) is 4.98 Å². The van der Waals surface area contributed by atoms with Gasteiger partial charge in [0.2, 0.25) is 0 Å². The predicted molar refractivity (Wildman–Crippen MR) is 66.6 cm³/mol. The maximum atomic E-state index is 11.8. The topological polar surface area (TPSA) is 88.9 Å². The summed E-state index contributed by atoms with van der Waals surface area (Å²) < 4.78 is 0. The fourth-order valence-electron chi connectivity index (χ4n) is 1.39. The summed E-state index contributed by atoms with van der Waals surface area (Å²) in [7, 11) is 0. The summed E-state index contributed by atoms with van der Waals surface area (Å²) in [4.78, 5) is 14.4. The van der Waals surface area contributed by atoms with Crippen molar-refractivity contribution in [2.45, 2.75) is 0 Å². The molecule has 90 valence electrons. The van der Waals surface area contributed by atoms with Crippen LogP contribution in [-0.4, -0.2) is 16.0 Å². The molecule has 2 aromatic rings. The standard InChI is InChI=1S/C12H8ClN3O2/c13-8-1-2-9(11(17)4-8)16-12(18)10-3-7(5-14)6-15-10/h1-4,6,15,17H,(H,16,18). The van der Waals surface area contributed by atoms with Gasteiger partial charge in [-0.05, 0) is 18.2 Å². The van der Waals surface area contributed by atoms with Crippen LogP contribution in [0.2, 0.25) is 5.02 Å². The molecule has 1 amide bonds. The molecule has 0 saturated carbocycles. The highest BCUT2D eigenvalue weighted by Crippen LogP contribution is 2.26. The number of hydrogen-bond acceptors (Lipinski definition) is 3. The van der Waals surface area contributed by atoms with E-state index in [9.17, 15) is 9.90 Å². The lowest BCUT2D eigenvalue weighted by molar-refractivity contribution is 0.102. The third kappa shape index (κ3) is 2.44. The average Bonchev–Trinajstić information content (AvgIpc) is 2.81. The maximum absolute atomic E-state index is 11.8. The van der Waals surface area contributed by atoms with Gasteiger partial charge in [-0.25, -0.2) is 0 Å². The first-order chi connectivity index (χ1) is 8.60. The van der Waals surface area contributed by atoms with Gasteiger partial charge in [0, 0.05) is 17.3 Å². The van der Waals surface area contributed by atoms with Crippen molar-refractivity contribution in [1.29, 1.82) is 5.26 Å². The van der Waals surface area contributed by atoms with E-state index in [1.54, 1.807) is 6.07 Å². The Morgan fingerprint density at radius 1 is 1.44 bits per heavy atom. The number of aromatic hydroxyl groups is 1. The zero-order valence-electron chi connectivity index (χ0n) is 9.07. The molecule has 6 heteroatoms. The zero-order chi connectivity index (χ0) is 13.1. The molecule has 18 heavy (non-hydrogen) atoms. The van der Waals surface area contributed by atoms with Crippen LogP contribution in [0.1, 0.15) is 16.1 Å². The van der Waals surface area contributed by atoms with Crippen molar-refractivity contribution in [3.8, 4) is 11.8 Å². The van der Waals surface area contributed by atoms with E-state index < -0.39 is 5.91 Å². The summed E-state index contributed by atoms with van der Waals surface area (Å²) in [5, 5.41) is 21.1. The number of phenolic OH excluding ortho intramolecular Hbond substituents is 1. The number of hydrogen-bond donors (Lipinski definition) is 3. The van der Waals surface area contributed by atoms with Crippen LogP contribution in [0.4, 0.5) is 5.69 Å². The number of anilines is 1. The van der Waals surface area contributed by atoms with Crippen LogP contribution in [-0.2, 0) is 0 Å². The van der Waals surface area contributed by atoms with Gasteiger partial charge in [0.1, 0.15) is 17.5 Å². The van der Waals surface area contributed by atoms with Gasteiger partial charge < -0.3 is 15.4 Å². The summed E-state index contributed by atoms with van der Waals surface area (Å²) >= 11 is 5.68. The lowest BCUT2D eigenvalue weighted by Gasteiger charge is -2.06. The van der Waals surface area contributed by atoms with Crippen LogP contribution in [0.15, 0.2) is 30.5 Å². The molecule has 0 fully saturated rings. The Labute approximate surface area is 108 Å². The van der Waals surface area contributed by atoms with E-state index in [4.69, 9.17) is 16.9 Å². The number of aromatic amines is 1. The molecular weight excluding hydrogens is 254 g/mol. The lowest BCUT2D eigenvalue weighted by Crippen LogP contribution is -2.12. The first-order valence-electron chi connectivity index (χ1n) is 4.98. The monoisotopic (exact) mass is 261 g/mol. The summed E-state index contributed by atoms with van der Waals surface area (Å²) in [6, 6.07) is 7.69. The fraction of sp³-hybridized carbons (Fsp3) is 0. The maximum Gasteiger partial charge on any atom is 0.272 e. The van der Waals surface area contributed by atoms with Gasteiger partial charge in [-0.1, -0.05) is 11.6 Å². The van der Waals surface area contributed by atoms with Gasteiger partial charge in [0.25, 0.3) is 5.91 Å². The molecule has 0 spiro atoms. The van der Waals surface area contributed by atoms with Crippen LogP contribution in [0.3, 0.4) is 0 Å². The number of amides is 1. The molecule has 0 atom stereocenters. The molecule has 0 unspecified atom stereocenters. The number of benzene rings is 1. The number of carbonyl (C=O) groups excluding carboxylic acids is 1. The van der Waals surface area contributed by atoms with E-state index in [0.29, 0.717) is 10.6 Å². The molecule has 0 aliphatic heterocycles. The molecule has 5 nitrogen and oxygen atoms in total. The minimum Gasteiger partial charge on any atom is -0.506 e. The highest BCUT2D eigenvalue weighted by atomic mass is 35.5. The third-order valence-electron chi connectivity index (χ3n) is 2.26. The van der Waals surface area contributed by atoms with E-state index in [1.165, 1.54) is 24.4 Å². The number of nitriles is 1. The highest BCUT2D eigenvalue weighted by Gasteiger charge is 2.11. The van der Waals surface area contributed by atoms with Gasteiger partial charge in [-0.15, -0.1) is 0 Å². The van der Waals surface area contributed by atoms with Gasteiger partial charge in [0.15, 0.2) is 0 Å². The second-order valence-corrected chi connectivity index (χ2v) is 3.97. The first-order valence-corrected chi connectivity index (χ1v) is 5.36. The Hall–Kier alpha value is -2.45. The summed E-state index contributed by atoms with van der Waals surface area (Å²) in [5.74, 6) is -0.572. The normalized spacial score (nSPS) is 9.78. The summed E-state index contributed by atoms with van der Waals surface area (Å²) in [6.45, 7) is 0. The minimum absolute atomic E-state index is 0.122. The Kier molecular flexibility index (Phi) is 3.22. The second-order valence-electron chi connectivity index (χ2n) is 3.53. The van der Waals surface area contributed by atoms with Crippen LogP contribution >= 0.6 is 11.6 Å². The molecule has 0 aliphatic carbocycles. The molecule has 1 heterocycles. The third-order valence-corrected chi connectivity index (χ3v) is 2.50. The Morgan fingerprint density at radius 3 is 2.83 bits per heavy atom. The van der Waals surface area contributed by atoms with Gasteiger partial charge >= 0.3 is 0 Å². The molecule has 2 rings (SSSR count). The molecule has 0 aliphatic rings. The first kappa shape index (κ1) is 12.0. The SMILES string of the molecule is N#Cc1c[nH]c(C(=O)Nc2ccc(Cl)cc2O)c1. The Bertz CT molecular complexity index is 643. The van der Waals surface area contributed by atoms with Crippen LogP contribution < -0.4 is 5.32 Å². The predicted octanol–water partition coefficient (Wildman–Crippen LogP) is 2.50. The number of aromatic nitrogens is 1. The van der Waals surface area contributed by atoms with Crippen molar-refractivity contribution in [2.75, 3.05) is 5.32 Å². The number of carbonyl (C=O) groups is 1. The van der Waals surface area contributed by atoms with Gasteiger partial charge in [0.05, 0.1) is 11.3 Å². The number of H-pyrrole nitrogens is 1. The van der Waals surface area contributed by atoms with Crippen molar-refractivity contribution in [2.24, 2.45) is 0 Å². The number of halogens is 1. The molecule has 1 aromatic carbocycles. The van der Waals surface area contributed by atoms with Crippen molar-refractivity contribution < 1.29 is 9.90 Å². The lowest BCUT2D eigenvalue weighted by atomic mass is 10.2. The van der Waals surface area contributed by atoms with Crippen molar-refractivity contribution in [3.63, 3.8) is 0 Å². The van der Waals surface area contributed by atoms with Crippen LogP contribution in [0.25, 0.3) is 0 Å². The molecular formula is C12H8ClN3O2. The van der Waals surface area contributed by atoms with Crippen LogP contribution in [0.5, 0.6) is 5.75 Å². The fourth-order valence-corrected chi connectivity index (χ4v) is 1.56. The minimum atomic E-state index is -0.450. The van der Waals surface area contributed by atoms with Gasteiger partial charge in [-0.3, -0.25) is 4.79 Å². The van der Waals surface area contributed by atoms with E-state index in [1.807, 2.05) is 6.07 Å². The van der Waals surface area contributed by atoms with Crippen molar-refractivity contribution >= 4 is 23.2 Å². The number of nitrogens with one attached hydrogen (secondary N) is 2. The number of nitrogens with zero attached hydrogens (tertiary/aromatic N) is 1. The number of phenols is 1. The van der Waals surface area contributed by atoms with E-state index in [0.717, 1.165) is 0 Å². The highest BCUT2D eigenvalue weighted by molar-refractivity contribution is 6.30. The van der Waals surface area contributed by atoms with E-state index >= 15 is 0 Å². The van der Waals surface area contributed by atoms with Gasteiger partial charge in [-0.2, -0.15) is 5.26 Å². The molecule has 0 saturated heterocycles. The van der Waals surface area contributed by atoms with Crippen molar-refractivity contribution in [3.05, 3.63) is 46.7 Å². The van der Waals surface area contributed by atoms with Crippen LogP contribution in [0, 0.1) is 11.3 Å². The molecule has 0 radical (unpaired) electrons. The number of rotatable bonds is 2. The second kappa shape index (κ2) is 4.82. The van der Waals surface area contributed by atoms with E-state index in [2.05, 4.69) is 10.3 Å². The zero-order valence-corrected chi connectivity index (χ0v) is 9.82. The van der Waals surface area contributed by atoms with E-state index in [-0.39, 0.29) is 17.1 Å². The quantitative estimate of drug-likeness (QED) is 0.726. The summed E-state index contributed by atoms with van der Waals surface area (Å²) in [5.41, 5.74) is 0.846. The smallest absolute Gasteiger partial charge is 0.272 e. The average molecular weight is 262 g/mol. The summed E-state index contributed by atoms with van der Waals surface area (Å²) in [6.07, 6.45) is 1.43. The molecule has 1 aromatic heterocycles. The Balaban J connectivity index is 2.19. The largest absolute Gasteiger partial charge is 0.506 e.